The molecule has 0 radical (unpaired) electrons. The highest BCUT2D eigenvalue weighted by Gasteiger charge is 2.33. The van der Waals surface area contributed by atoms with Crippen LogP contribution in [0.1, 0.15) is 42.1 Å². The van der Waals surface area contributed by atoms with Crippen molar-refractivity contribution in [1.29, 1.82) is 0 Å². The maximum absolute atomic E-state index is 4.61. The molecule has 1 aromatic carbocycles. The van der Waals surface area contributed by atoms with Crippen LogP contribution in [0.25, 0.3) is 0 Å². The number of nitrogens with zero attached hydrogens (tertiary/aromatic N) is 1. The molecule has 0 saturated carbocycles. The van der Waals surface area contributed by atoms with E-state index in [9.17, 15) is 0 Å². The fourth-order valence-electron chi connectivity index (χ4n) is 3.03. The van der Waals surface area contributed by atoms with E-state index in [2.05, 4.69) is 60.8 Å². The van der Waals surface area contributed by atoms with Gasteiger partial charge in [-0.2, -0.15) is 0 Å². The summed E-state index contributed by atoms with van der Waals surface area (Å²) in [4.78, 5) is 4.61. The molecule has 3 unspecified atom stereocenters. The van der Waals surface area contributed by atoms with Crippen LogP contribution >= 0.6 is 23.1 Å². The molecule has 4 heteroatoms. The third-order valence-corrected chi connectivity index (χ3v) is 6.37. The van der Waals surface area contributed by atoms with Crippen LogP contribution in [0.2, 0.25) is 0 Å². The van der Waals surface area contributed by atoms with E-state index in [-0.39, 0.29) is 0 Å². The quantitative estimate of drug-likeness (QED) is 0.911. The van der Waals surface area contributed by atoms with Crippen LogP contribution in [0.15, 0.2) is 34.0 Å². The Morgan fingerprint density at radius 3 is 2.70 bits per heavy atom. The van der Waals surface area contributed by atoms with Crippen LogP contribution in [0.4, 0.5) is 0 Å². The molecule has 1 aromatic heterocycles. The van der Waals surface area contributed by atoms with Crippen molar-refractivity contribution in [2.24, 2.45) is 0 Å². The summed E-state index contributed by atoms with van der Waals surface area (Å²) in [5, 5.41) is 6.20. The van der Waals surface area contributed by atoms with Gasteiger partial charge >= 0.3 is 0 Å². The summed E-state index contributed by atoms with van der Waals surface area (Å²) in [6.07, 6.45) is 1.20. The first-order chi connectivity index (χ1) is 9.69. The lowest BCUT2D eigenvalue weighted by molar-refractivity contribution is 0.473. The second-order valence-electron chi connectivity index (χ2n) is 5.44. The van der Waals surface area contributed by atoms with E-state index in [1.54, 1.807) is 11.3 Å². The van der Waals surface area contributed by atoms with Crippen LogP contribution < -0.4 is 5.32 Å². The Morgan fingerprint density at radius 1 is 1.30 bits per heavy atom. The van der Waals surface area contributed by atoms with Crippen LogP contribution in [0.3, 0.4) is 0 Å². The number of hydrogen-bond donors (Lipinski definition) is 1. The van der Waals surface area contributed by atoms with Gasteiger partial charge in [0.25, 0.3) is 0 Å². The normalized spacial score (nSPS) is 25.4. The van der Waals surface area contributed by atoms with Gasteiger partial charge in [0.05, 0.1) is 0 Å². The molecule has 2 nitrogen and oxygen atoms in total. The number of hydrogen-bond acceptors (Lipinski definition) is 4. The highest BCUT2D eigenvalue weighted by atomic mass is 32.2. The van der Waals surface area contributed by atoms with Gasteiger partial charge in [-0.25, -0.2) is 4.98 Å². The summed E-state index contributed by atoms with van der Waals surface area (Å²) in [5.74, 6) is 0.620. The third kappa shape index (κ3) is 2.65. The van der Waals surface area contributed by atoms with Crippen molar-refractivity contribution >= 4 is 23.1 Å². The highest BCUT2D eigenvalue weighted by Crippen LogP contribution is 2.45. The lowest BCUT2D eigenvalue weighted by Crippen LogP contribution is -2.33. The number of nitrogens with one attached hydrogen (secondary N) is 1. The maximum Gasteiger partial charge on any atom is 0.150 e. The zero-order valence-corrected chi connectivity index (χ0v) is 13.7. The van der Waals surface area contributed by atoms with Crippen molar-refractivity contribution in [2.75, 3.05) is 7.05 Å². The molecule has 1 aliphatic rings. The largest absolute Gasteiger partial charge is 0.312 e. The molecule has 3 atom stereocenters. The predicted molar refractivity (Wildman–Crippen MR) is 87.8 cm³/mol. The second-order valence-corrected chi connectivity index (χ2v) is 7.79. The van der Waals surface area contributed by atoms with Crippen molar-refractivity contribution < 1.29 is 0 Å². The zero-order chi connectivity index (χ0) is 14.1. The van der Waals surface area contributed by atoms with Crippen LogP contribution in [0.5, 0.6) is 0 Å². The molecule has 3 rings (SSSR count). The molecular formula is C16H20N2S2. The Hall–Kier alpha value is -0.840. The van der Waals surface area contributed by atoms with Gasteiger partial charge in [-0.3, -0.25) is 0 Å². The SMILES string of the molecule is CNC1c2ccccc2C(C)CC1Sc1nc(C)cs1. The minimum absolute atomic E-state index is 0.414. The Kier molecular flexibility index (Phi) is 4.15. The molecule has 0 saturated heterocycles. The van der Waals surface area contributed by atoms with Crippen LogP contribution in [0, 0.1) is 6.92 Å². The van der Waals surface area contributed by atoms with Gasteiger partial charge in [-0.05, 0) is 37.4 Å². The molecule has 0 aliphatic heterocycles. The Bertz CT molecular complexity index is 594. The third-order valence-electron chi connectivity index (χ3n) is 3.98. The number of aromatic nitrogens is 1. The minimum Gasteiger partial charge on any atom is -0.312 e. The van der Waals surface area contributed by atoms with E-state index in [1.807, 2.05) is 11.8 Å². The first-order valence-electron chi connectivity index (χ1n) is 7.04. The van der Waals surface area contributed by atoms with E-state index in [0.717, 1.165) is 5.69 Å². The fraction of sp³-hybridized carbons (Fsp3) is 0.438. The maximum atomic E-state index is 4.61. The molecule has 2 aromatic rings. The minimum atomic E-state index is 0.414. The first kappa shape index (κ1) is 14.1. The molecule has 0 fully saturated rings. The Labute approximate surface area is 129 Å². The summed E-state index contributed by atoms with van der Waals surface area (Å²) in [6.45, 7) is 4.40. The molecule has 20 heavy (non-hydrogen) atoms. The van der Waals surface area contributed by atoms with E-state index < -0.39 is 0 Å². The number of thioether (sulfide) groups is 1. The van der Waals surface area contributed by atoms with E-state index in [4.69, 9.17) is 0 Å². The fourth-order valence-corrected chi connectivity index (χ4v) is 5.55. The second kappa shape index (κ2) is 5.88. The number of benzene rings is 1. The summed E-state index contributed by atoms with van der Waals surface area (Å²) < 4.78 is 1.19. The molecule has 106 valence electrons. The van der Waals surface area contributed by atoms with Crippen molar-refractivity contribution in [3.8, 4) is 0 Å². The zero-order valence-electron chi connectivity index (χ0n) is 12.1. The summed E-state index contributed by atoms with van der Waals surface area (Å²) in [7, 11) is 2.07. The molecule has 0 spiro atoms. The molecule has 1 aliphatic carbocycles. The van der Waals surface area contributed by atoms with Crippen LogP contribution in [-0.2, 0) is 0 Å². The Morgan fingerprint density at radius 2 is 2.05 bits per heavy atom. The number of aryl methyl sites for hydroxylation is 1. The van der Waals surface area contributed by atoms with E-state index >= 15 is 0 Å². The first-order valence-corrected chi connectivity index (χ1v) is 8.80. The lowest BCUT2D eigenvalue weighted by Gasteiger charge is -2.36. The average Bonchev–Trinajstić information content (AvgIpc) is 2.85. The standard InChI is InChI=1S/C16H20N2S2/c1-10-8-14(20-16-18-11(2)9-19-16)15(17-3)13-7-5-4-6-12(10)13/h4-7,9-10,14-15,17H,8H2,1-3H3. The predicted octanol–water partition coefficient (Wildman–Crippen LogP) is 4.38. The molecule has 0 bridgehead atoms. The van der Waals surface area contributed by atoms with Crippen molar-refractivity contribution in [1.82, 2.24) is 10.3 Å². The van der Waals surface area contributed by atoms with Crippen molar-refractivity contribution in [2.45, 2.75) is 41.8 Å². The van der Waals surface area contributed by atoms with Gasteiger partial charge in [0, 0.05) is 22.4 Å². The van der Waals surface area contributed by atoms with Crippen LogP contribution in [-0.4, -0.2) is 17.3 Å². The van der Waals surface area contributed by atoms with Gasteiger partial charge in [-0.1, -0.05) is 43.0 Å². The summed E-state index contributed by atoms with van der Waals surface area (Å²) in [6, 6.07) is 9.26. The molecule has 0 amide bonds. The molecule has 1 N–H and O–H groups in total. The van der Waals surface area contributed by atoms with Gasteiger partial charge in [0.2, 0.25) is 0 Å². The van der Waals surface area contributed by atoms with Gasteiger partial charge in [0.1, 0.15) is 4.34 Å². The number of rotatable bonds is 3. The van der Waals surface area contributed by atoms with E-state index in [0.29, 0.717) is 17.2 Å². The summed E-state index contributed by atoms with van der Waals surface area (Å²) >= 11 is 3.69. The molecular weight excluding hydrogens is 284 g/mol. The van der Waals surface area contributed by atoms with Gasteiger partial charge in [0.15, 0.2) is 0 Å². The average molecular weight is 304 g/mol. The highest BCUT2D eigenvalue weighted by molar-refractivity contribution is 8.01. The topological polar surface area (TPSA) is 24.9 Å². The van der Waals surface area contributed by atoms with Gasteiger partial charge < -0.3 is 5.32 Å². The molecule has 1 heterocycles. The summed E-state index contributed by atoms with van der Waals surface area (Å²) in [5.41, 5.74) is 4.08. The van der Waals surface area contributed by atoms with Gasteiger partial charge in [-0.15, -0.1) is 11.3 Å². The number of thiazole rings is 1. The van der Waals surface area contributed by atoms with E-state index in [1.165, 1.54) is 21.9 Å². The lowest BCUT2D eigenvalue weighted by atomic mass is 9.81. The number of fused-ring (bicyclic) bond motifs is 1. The Balaban J connectivity index is 1.89. The monoisotopic (exact) mass is 304 g/mol. The smallest absolute Gasteiger partial charge is 0.150 e. The van der Waals surface area contributed by atoms with Crippen molar-refractivity contribution in [3.05, 3.63) is 46.5 Å². The van der Waals surface area contributed by atoms with Crippen molar-refractivity contribution in [3.63, 3.8) is 0 Å².